The average Bonchev–Trinajstić information content (AvgIpc) is 3.06. The lowest BCUT2D eigenvalue weighted by Crippen LogP contribution is -2.46. The van der Waals surface area contributed by atoms with Crippen molar-refractivity contribution in [2.75, 3.05) is 26.2 Å². The third-order valence-corrected chi connectivity index (χ3v) is 4.23. The van der Waals surface area contributed by atoms with Crippen molar-refractivity contribution in [3.05, 3.63) is 0 Å². The van der Waals surface area contributed by atoms with Crippen LogP contribution in [0.2, 0.25) is 0 Å². The van der Waals surface area contributed by atoms with Crippen LogP contribution in [0.15, 0.2) is 0 Å². The molecule has 2 N–H and O–H groups in total. The highest BCUT2D eigenvalue weighted by Gasteiger charge is 2.35. The highest BCUT2D eigenvalue weighted by Crippen LogP contribution is 2.28. The van der Waals surface area contributed by atoms with E-state index in [0.29, 0.717) is 37.0 Å². The van der Waals surface area contributed by atoms with Crippen LogP contribution in [0.25, 0.3) is 0 Å². The number of nitrogens with zero attached hydrogens (tertiary/aromatic N) is 2. The lowest BCUT2D eigenvalue weighted by Gasteiger charge is -2.28. The number of rotatable bonds is 5. The van der Waals surface area contributed by atoms with Crippen molar-refractivity contribution in [2.45, 2.75) is 45.2 Å². The van der Waals surface area contributed by atoms with Gasteiger partial charge in [-0.3, -0.25) is 9.69 Å². The Morgan fingerprint density at radius 2 is 2.12 bits per heavy atom. The molecule has 0 aromatic heterocycles. The first-order valence-corrected chi connectivity index (χ1v) is 6.91. The number of carbonyl (C=O) groups is 1. The molecular formula is C13H25N3O. The summed E-state index contributed by atoms with van der Waals surface area (Å²) in [7, 11) is 0. The minimum atomic E-state index is 0.294. The maximum absolute atomic E-state index is 12.2. The van der Waals surface area contributed by atoms with Crippen LogP contribution in [0.3, 0.4) is 0 Å². The fraction of sp³-hybridized carbons (Fsp3) is 0.923. The zero-order valence-electron chi connectivity index (χ0n) is 11.1. The molecule has 0 radical (unpaired) electrons. The summed E-state index contributed by atoms with van der Waals surface area (Å²) in [5.74, 6) is 0.923. The monoisotopic (exact) mass is 239 g/mol. The predicted molar refractivity (Wildman–Crippen MR) is 68.6 cm³/mol. The number of likely N-dealkylation sites (N-methyl/N-ethyl adjacent to an activating group) is 1. The summed E-state index contributed by atoms with van der Waals surface area (Å²) >= 11 is 0. The van der Waals surface area contributed by atoms with Crippen LogP contribution in [0.4, 0.5) is 0 Å². The molecule has 0 bridgehead atoms. The number of hydrogen-bond acceptors (Lipinski definition) is 3. The van der Waals surface area contributed by atoms with Gasteiger partial charge in [-0.05, 0) is 38.6 Å². The summed E-state index contributed by atoms with van der Waals surface area (Å²) in [6, 6.07) is 0.931. The van der Waals surface area contributed by atoms with E-state index in [1.165, 1.54) is 19.3 Å². The van der Waals surface area contributed by atoms with Crippen LogP contribution in [0.5, 0.6) is 0 Å². The SMILES string of the molecule is CCN(C(=O)CN1CCC(C)C1CN)C1CC1. The van der Waals surface area contributed by atoms with Crippen LogP contribution in [0, 0.1) is 5.92 Å². The van der Waals surface area contributed by atoms with Crippen LogP contribution in [-0.4, -0.2) is 54.0 Å². The van der Waals surface area contributed by atoms with Crippen molar-refractivity contribution in [3.63, 3.8) is 0 Å². The lowest BCUT2D eigenvalue weighted by molar-refractivity contribution is -0.133. The second-order valence-electron chi connectivity index (χ2n) is 5.45. The zero-order chi connectivity index (χ0) is 12.4. The molecule has 1 amide bonds. The molecular weight excluding hydrogens is 214 g/mol. The summed E-state index contributed by atoms with van der Waals surface area (Å²) in [5, 5.41) is 0. The van der Waals surface area contributed by atoms with E-state index in [0.717, 1.165) is 13.1 Å². The van der Waals surface area contributed by atoms with Gasteiger partial charge in [-0.15, -0.1) is 0 Å². The minimum Gasteiger partial charge on any atom is -0.339 e. The highest BCUT2D eigenvalue weighted by atomic mass is 16.2. The molecule has 2 unspecified atom stereocenters. The van der Waals surface area contributed by atoms with E-state index in [1.54, 1.807) is 0 Å². The van der Waals surface area contributed by atoms with Gasteiger partial charge in [0.15, 0.2) is 0 Å². The number of nitrogens with two attached hydrogens (primary N) is 1. The van der Waals surface area contributed by atoms with Gasteiger partial charge in [-0.2, -0.15) is 0 Å². The van der Waals surface area contributed by atoms with E-state index in [1.807, 2.05) is 4.90 Å². The van der Waals surface area contributed by atoms with Crippen molar-refractivity contribution >= 4 is 5.91 Å². The van der Waals surface area contributed by atoms with Crippen LogP contribution >= 0.6 is 0 Å². The summed E-state index contributed by atoms with van der Waals surface area (Å²) in [5.41, 5.74) is 5.80. The van der Waals surface area contributed by atoms with E-state index >= 15 is 0 Å². The van der Waals surface area contributed by atoms with Gasteiger partial charge in [-0.25, -0.2) is 0 Å². The van der Waals surface area contributed by atoms with E-state index in [9.17, 15) is 4.79 Å². The molecule has 4 nitrogen and oxygen atoms in total. The van der Waals surface area contributed by atoms with Crippen LogP contribution < -0.4 is 5.73 Å². The van der Waals surface area contributed by atoms with E-state index in [-0.39, 0.29) is 0 Å². The summed E-state index contributed by atoms with van der Waals surface area (Å²) in [4.78, 5) is 16.5. The Kier molecular flexibility index (Phi) is 4.05. The zero-order valence-corrected chi connectivity index (χ0v) is 11.1. The van der Waals surface area contributed by atoms with Gasteiger partial charge in [0.25, 0.3) is 0 Å². The molecule has 2 atom stereocenters. The molecule has 1 saturated heterocycles. The van der Waals surface area contributed by atoms with Crippen LogP contribution in [-0.2, 0) is 4.79 Å². The Bertz CT molecular complexity index is 278. The van der Waals surface area contributed by atoms with Gasteiger partial charge in [0, 0.05) is 25.2 Å². The molecule has 0 spiro atoms. The first-order valence-electron chi connectivity index (χ1n) is 6.91. The van der Waals surface area contributed by atoms with Gasteiger partial charge >= 0.3 is 0 Å². The second-order valence-corrected chi connectivity index (χ2v) is 5.45. The number of likely N-dealkylation sites (tertiary alicyclic amines) is 1. The van der Waals surface area contributed by atoms with Gasteiger partial charge < -0.3 is 10.6 Å². The topological polar surface area (TPSA) is 49.6 Å². The highest BCUT2D eigenvalue weighted by molar-refractivity contribution is 5.79. The maximum atomic E-state index is 12.2. The Balaban J connectivity index is 1.89. The molecule has 4 heteroatoms. The molecule has 98 valence electrons. The molecule has 0 aromatic rings. The van der Waals surface area contributed by atoms with E-state index in [4.69, 9.17) is 5.73 Å². The van der Waals surface area contributed by atoms with Crippen molar-refractivity contribution < 1.29 is 4.79 Å². The molecule has 2 rings (SSSR count). The quantitative estimate of drug-likeness (QED) is 0.767. The second kappa shape index (κ2) is 5.36. The smallest absolute Gasteiger partial charge is 0.236 e. The summed E-state index contributed by atoms with van der Waals surface area (Å²) < 4.78 is 0. The Labute approximate surface area is 104 Å². The van der Waals surface area contributed by atoms with Crippen molar-refractivity contribution in [2.24, 2.45) is 11.7 Å². The van der Waals surface area contributed by atoms with E-state index < -0.39 is 0 Å². The minimum absolute atomic E-state index is 0.294. The number of carbonyl (C=O) groups excluding carboxylic acids is 1. The van der Waals surface area contributed by atoms with Gasteiger partial charge in [0.05, 0.1) is 6.54 Å². The summed E-state index contributed by atoms with van der Waals surface area (Å²) in [6.45, 7) is 7.42. The molecule has 2 aliphatic rings. The fourth-order valence-electron chi connectivity index (χ4n) is 2.95. The molecule has 1 aliphatic carbocycles. The van der Waals surface area contributed by atoms with Crippen molar-refractivity contribution in [3.8, 4) is 0 Å². The van der Waals surface area contributed by atoms with Crippen molar-refractivity contribution in [1.82, 2.24) is 9.80 Å². The first-order chi connectivity index (χ1) is 8.17. The standard InChI is InChI=1S/C13H25N3O/c1-3-16(11-4-5-11)13(17)9-15-7-6-10(2)12(15)8-14/h10-12H,3-9,14H2,1-2H3. The third kappa shape index (κ3) is 2.80. The first kappa shape index (κ1) is 12.8. The molecule has 1 saturated carbocycles. The largest absolute Gasteiger partial charge is 0.339 e. The normalized spacial score (nSPS) is 29.6. The fourth-order valence-corrected chi connectivity index (χ4v) is 2.95. The summed E-state index contributed by atoms with van der Waals surface area (Å²) in [6.07, 6.45) is 3.55. The van der Waals surface area contributed by atoms with Gasteiger partial charge in [-0.1, -0.05) is 6.92 Å². The van der Waals surface area contributed by atoms with Crippen molar-refractivity contribution in [1.29, 1.82) is 0 Å². The Morgan fingerprint density at radius 3 is 2.65 bits per heavy atom. The number of hydrogen-bond donors (Lipinski definition) is 1. The average molecular weight is 239 g/mol. The molecule has 1 heterocycles. The van der Waals surface area contributed by atoms with Crippen LogP contribution in [0.1, 0.15) is 33.1 Å². The van der Waals surface area contributed by atoms with Gasteiger partial charge in [0.1, 0.15) is 0 Å². The maximum Gasteiger partial charge on any atom is 0.236 e. The third-order valence-electron chi connectivity index (χ3n) is 4.23. The molecule has 1 aliphatic heterocycles. The Hall–Kier alpha value is -0.610. The van der Waals surface area contributed by atoms with Gasteiger partial charge in [0.2, 0.25) is 5.91 Å². The predicted octanol–water partition coefficient (Wildman–Crippen LogP) is 0.666. The lowest BCUT2D eigenvalue weighted by atomic mass is 10.0. The molecule has 2 fully saturated rings. The van der Waals surface area contributed by atoms with E-state index in [2.05, 4.69) is 18.7 Å². The number of amides is 1. The molecule has 0 aromatic carbocycles. The molecule has 17 heavy (non-hydrogen) atoms. The Morgan fingerprint density at radius 1 is 1.41 bits per heavy atom.